The Morgan fingerprint density at radius 3 is 2.65 bits per heavy atom. The average Bonchev–Trinajstić information content (AvgIpc) is 2.29. The van der Waals surface area contributed by atoms with Crippen molar-refractivity contribution in [1.29, 1.82) is 0 Å². The molecule has 4 N–H and O–H groups in total. The van der Waals surface area contributed by atoms with Crippen molar-refractivity contribution in [3.8, 4) is 0 Å². The van der Waals surface area contributed by atoms with E-state index in [0.29, 0.717) is 19.7 Å². The predicted octanol–water partition coefficient (Wildman–Crippen LogP) is 0.920. The molecule has 0 aliphatic carbocycles. The molecule has 100 valence electrons. The maximum atomic E-state index is 11.1. The number of hydroxylamine groups is 1. The van der Waals surface area contributed by atoms with Crippen LogP contribution >= 0.6 is 8.25 Å². The van der Waals surface area contributed by atoms with E-state index < -0.39 is 8.25 Å². The molecule has 0 bridgehead atoms. The normalized spacial score (nSPS) is 11.1. The van der Waals surface area contributed by atoms with Gasteiger partial charge in [0.05, 0.1) is 0 Å². The minimum absolute atomic E-state index is 0. The minimum atomic E-state index is -2.04. The third-order valence-electron chi connectivity index (χ3n) is 1.81. The zero-order valence-corrected chi connectivity index (χ0v) is 14.4. The van der Waals surface area contributed by atoms with Crippen LogP contribution in [0.5, 0.6) is 0 Å². The molecule has 0 aliphatic heterocycles. The molecule has 0 saturated carbocycles. The molecule has 6 nitrogen and oxygen atoms in total. The molecule has 0 heterocycles. The first-order valence-electron chi connectivity index (χ1n) is 5.72. The van der Waals surface area contributed by atoms with Gasteiger partial charge in [0.15, 0.2) is 0 Å². The standard InChI is InChI=1S/C9H23N3O3P.Ce/c1-2-3-4-9-14-16(13)15-12-8-7-11-6-5-10;/h11-12H,2-10H2,1H3;/q+1;. The monoisotopic (exact) mass is 392 g/mol. The van der Waals surface area contributed by atoms with Crippen molar-refractivity contribution in [3.05, 3.63) is 0 Å². The van der Waals surface area contributed by atoms with Crippen LogP contribution in [0.25, 0.3) is 0 Å². The van der Waals surface area contributed by atoms with Gasteiger partial charge in [0.25, 0.3) is 0 Å². The van der Waals surface area contributed by atoms with Gasteiger partial charge in [0.1, 0.15) is 6.61 Å². The Balaban J connectivity index is 0. The van der Waals surface area contributed by atoms with Crippen LogP contribution in [0.4, 0.5) is 0 Å². The first-order chi connectivity index (χ1) is 7.81. The number of hydrogen-bond acceptors (Lipinski definition) is 6. The smallest absolute Gasteiger partial charge is 0.329 e. The number of hydrogen-bond donors (Lipinski definition) is 3. The summed E-state index contributed by atoms with van der Waals surface area (Å²) in [5, 5.41) is 3.07. The largest absolute Gasteiger partial charge is 0.716 e. The number of unbranched alkanes of at least 4 members (excludes halogenated alkanes) is 2. The van der Waals surface area contributed by atoms with Gasteiger partial charge in [0, 0.05) is 72.5 Å². The van der Waals surface area contributed by atoms with E-state index in [1.54, 1.807) is 0 Å². The molecule has 0 radical (unpaired) electrons. The predicted molar refractivity (Wildman–Crippen MR) is 64.1 cm³/mol. The molecule has 0 aromatic carbocycles. The van der Waals surface area contributed by atoms with Crippen LogP contribution in [0.3, 0.4) is 0 Å². The fourth-order valence-electron chi connectivity index (χ4n) is 0.982. The Morgan fingerprint density at radius 1 is 1.24 bits per heavy atom. The fraction of sp³-hybridized carbons (Fsp3) is 1.00. The second-order valence-corrected chi connectivity index (χ2v) is 4.18. The molecular weight excluding hydrogens is 369 g/mol. The van der Waals surface area contributed by atoms with Gasteiger partial charge in [-0.05, 0) is 11.0 Å². The molecule has 0 aromatic heterocycles. The molecular formula is C9H23CeN3O3P+. The number of nitrogens with one attached hydrogen (secondary N) is 2. The average molecular weight is 392 g/mol. The van der Waals surface area contributed by atoms with E-state index in [4.69, 9.17) is 14.9 Å². The quantitative estimate of drug-likeness (QED) is 0.260. The van der Waals surface area contributed by atoms with Crippen LogP contribution in [-0.2, 0) is 13.7 Å². The van der Waals surface area contributed by atoms with Crippen LogP contribution < -0.4 is 16.5 Å². The number of rotatable bonds is 12. The van der Waals surface area contributed by atoms with Crippen molar-refractivity contribution >= 4 is 8.25 Å². The summed E-state index contributed by atoms with van der Waals surface area (Å²) in [4.78, 5) is 0. The molecule has 0 aromatic rings. The molecule has 1 atom stereocenters. The van der Waals surface area contributed by atoms with Gasteiger partial charge in [-0.3, -0.25) is 0 Å². The second-order valence-electron chi connectivity index (χ2n) is 3.29. The van der Waals surface area contributed by atoms with Crippen molar-refractivity contribution in [1.82, 2.24) is 10.8 Å². The summed E-state index contributed by atoms with van der Waals surface area (Å²) in [6, 6.07) is 0. The Morgan fingerprint density at radius 2 is 2.00 bits per heavy atom. The molecule has 0 rings (SSSR count). The third-order valence-corrected chi connectivity index (χ3v) is 2.48. The first kappa shape index (κ1) is 20.6. The van der Waals surface area contributed by atoms with Gasteiger partial charge < -0.3 is 11.1 Å². The van der Waals surface area contributed by atoms with E-state index in [2.05, 4.69) is 17.7 Å². The fourth-order valence-corrected chi connectivity index (χ4v) is 1.51. The van der Waals surface area contributed by atoms with Crippen molar-refractivity contribution in [2.45, 2.75) is 26.2 Å². The van der Waals surface area contributed by atoms with E-state index in [1.165, 1.54) is 0 Å². The van der Waals surface area contributed by atoms with E-state index in [-0.39, 0.29) is 41.7 Å². The maximum absolute atomic E-state index is 11.1. The summed E-state index contributed by atoms with van der Waals surface area (Å²) in [6.45, 7) is 5.25. The topological polar surface area (TPSA) is 85.6 Å². The third kappa shape index (κ3) is 17.3. The summed E-state index contributed by atoms with van der Waals surface area (Å²) >= 11 is 0. The van der Waals surface area contributed by atoms with Gasteiger partial charge in [-0.15, -0.1) is 10.0 Å². The van der Waals surface area contributed by atoms with E-state index in [0.717, 1.165) is 32.4 Å². The van der Waals surface area contributed by atoms with Crippen molar-refractivity contribution in [2.75, 3.05) is 32.8 Å². The van der Waals surface area contributed by atoms with Crippen LogP contribution in [0.2, 0.25) is 0 Å². The Kier molecular flexibility index (Phi) is 20.9. The first-order valence-corrected chi connectivity index (χ1v) is 6.81. The van der Waals surface area contributed by atoms with Gasteiger partial charge in [-0.2, -0.15) is 0 Å². The number of nitrogens with two attached hydrogens (primary N) is 1. The van der Waals surface area contributed by atoms with E-state index in [9.17, 15) is 4.57 Å². The molecule has 17 heavy (non-hydrogen) atoms. The summed E-state index contributed by atoms with van der Waals surface area (Å²) in [5.41, 5.74) is 7.86. The van der Waals surface area contributed by atoms with Gasteiger partial charge >= 0.3 is 8.25 Å². The van der Waals surface area contributed by atoms with Crippen molar-refractivity contribution < 1.29 is 55.5 Å². The van der Waals surface area contributed by atoms with E-state index in [1.807, 2.05) is 0 Å². The van der Waals surface area contributed by atoms with Crippen molar-refractivity contribution in [2.24, 2.45) is 5.73 Å². The van der Waals surface area contributed by atoms with Gasteiger partial charge in [0.2, 0.25) is 0 Å². The summed E-state index contributed by atoms with van der Waals surface area (Å²) < 4.78 is 20.8. The SMILES string of the molecule is CCCCCO[P+](=O)ONCCNCCN.[Ce]. The second kappa shape index (κ2) is 17.3. The molecule has 0 saturated heterocycles. The zero-order valence-electron chi connectivity index (χ0n) is 10.4. The molecule has 0 fully saturated rings. The maximum Gasteiger partial charge on any atom is 0.716 e. The van der Waals surface area contributed by atoms with Crippen LogP contribution in [0.15, 0.2) is 0 Å². The summed E-state index contributed by atoms with van der Waals surface area (Å²) in [6.07, 6.45) is 3.12. The molecule has 0 aliphatic rings. The van der Waals surface area contributed by atoms with Crippen LogP contribution in [0, 0.1) is 41.7 Å². The molecule has 8 heteroatoms. The molecule has 0 amide bonds. The van der Waals surface area contributed by atoms with Gasteiger partial charge in [-0.25, -0.2) is 0 Å². The zero-order chi connectivity index (χ0) is 12.1. The van der Waals surface area contributed by atoms with Crippen LogP contribution in [-0.4, -0.2) is 32.8 Å². The minimum Gasteiger partial charge on any atom is -0.329 e. The Bertz CT molecular complexity index is 178. The summed E-state index contributed by atoms with van der Waals surface area (Å²) in [7, 11) is -2.04. The van der Waals surface area contributed by atoms with E-state index >= 15 is 0 Å². The van der Waals surface area contributed by atoms with Crippen LogP contribution in [0.1, 0.15) is 26.2 Å². The Hall–Kier alpha value is 1.28. The molecule has 1 unspecified atom stereocenters. The summed E-state index contributed by atoms with van der Waals surface area (Å²) in [5.74, 6) is 0. The Labute approximate surface area is 138 Å². The molecule has 0 spiro atoms. The van der Waals surface area contributed by atoms with Crippen molar-refractivity contribution in [3.63, 3.8) is 0 Å². The van der Waals surface area contributed by atoms with Gasteiger partial charge in [-0.1, -0.05) is 19.8 Å².